The number of para-hydroxylation sites is 1. The Hall–Kier alpha value is -4.24. The van der Waals surface area contributed by atoms with Gasteiger partial charge in [0, 0.05) is 16.8 Å². The Balaban J connectivity index is 1.49. The molecule has 4 N–H and O–H groups in total. The summed E-state index contributed by atoms with van der Waals surface area (Å²) in [5.74, 6) is -0.223. The van der Waals surface area contributed by atoms with E-state index in [1.165, 1.54) is 0 Å². The fourth-order valence-corrected chi connectivity index (χ4v) is 3.41. The van der Waals surface area contributed by atoms with Crippen molar-refractivity contribution in [2.75, 3.05) is 11.9 Å². The maximum absolute atomic E-state index is 12.7. The molecule has 0 saturated carbocycles. The summed E-state index contributed by atoms with van der Waals surface area (Å²) in [7, 11) is 0. The molecule has 3 aromatic carbocycles. The molecule has 0 aromatic heterocycles. The zero-order valence-corrected chi connectivity index (χ0v) is 21.8. The van der Waals surface area contributed by atoms with E-state index in [2.05, 4.69) is 35.3 Å². The van der Waals surface area contributed by atoms with Crippen molar-refractivity contribution in [3.8, 4) is 5.75 Å². The van der Waals surface area contributed by atoms with Crippen LogP contribution in [0.4, 0.5) is 5.69 Å². The molecule has 0 aliphatic rings. The molecular formula is C28H30N4O4S. The Labute approximate surface area is 221 Å². The Morgan fingerprint density at radius 2 is 1.57 bits per heavy atom. The second kappa shape index (κ2) is 13.2. The number of ether oxygens (including phenoxy) is 1. The molecule has 0 bridgehead atoms. The number of amides is 3. The highest BCUT2D eigenvalue weighted by Gasteiger charge is 2.15. The van der Waals surface area contributed by atoms with Crippen molar-refractivity contribution >= 4 is 40.7 Å². The Kier molecular flexibility index (Phi) is 9.74. The first kappa shape index (κ1) is 27.3. The van der Waals surface area contributed by atoms with Crippen LogP contribution in [-0.4, -0.2) is 29.4 Å². The predicted octanol–water partition coefficient (Wildman–Crippen LogP) is 4.62. The van der Waals surface area contributed by atoms with Gasteiger partial charge >= 0.3 is 0 Å². The van der Waals surface area contributed by atoms with Gasteiger partial charge in [-0.15, -0.1) is 0 Å². The van der Waals surface area contributed by atoms with Crippen molar-refractivity contribution in [2.45, 2.75) is 27.2 Å². The topological polar surface area (TPSA) is 109 Å². The van der Waals surface area contributed by atoms with Crippen LogP contribution in [-0.2, 0) is 0 Å². The summed E-state index contributed by atoms with van der Waals surface area (Å²) in [4.78, 5) is 37.5. The average Bonchev–Trinajstić information content (AvgIpc) is 2.87. The van der Waals surface area contributed by atoms with Crippen molar-refractivity contribution in [3.05, 3.63) is 95.1 Å². The van der Waals surface area contributed by atoms with E-state index in [0.29, 0.717) is 40.7 Å². The molecule has 0 unspecified atom stereocenters. The van der Waals surface area contributed by atoms with Gasteiger partial charge in [0.05, 0.1) is 12.2 Å². The molecule has 0 saturated heterocycles. The van der Waals surface area contributed by atoms with Crippen molar-refractivity contribution in [1.29, 1.82) is 0 Å². The maximum atomic E-state index is 12.7. The monoisotopic (exact) mass is 518 g/mol. The number of aryl methyl sites for hydroxylation is 1. The van der Waals surface area contributed by atoms with Gasteiger partial charge in [-0.05, 0) is 80.0 Å². The number of benzene rings is 3. The predicted molar refractivity (Wildman–Crippen MR) is 148 cm³/mol. The number of rotatable bonds is 8. The van der Waals surface area contributed by atoms with E-state index < -0.39 is 11.8 Å². The standard InChI is InChI=1S/C28H30N4O4S/c1-18(2)15-16-36-24-10-5-4-9-23(24)27(35)30-28(37)32-31-26(34)20-11-13-22(14-12-20)29-25(33)21-8-6-7-19(3)17-21/h4-14,17-18H,15-16H2,1-3H3,(H,29,33)(H,31,34)(H2,30,32,35,37). The third-order valence-electron chi connectivity index (χ3n) is 5.29. The van der Waals surface area contributed by atoms with E-state index in [-0.39, 0.29) is 11.0 Å². The first-order valence-corrected chi connectivity index (χ1v) is 12.3. The van der Waals surface area contributed by atoms with E-state index in [9.17, 15) is 14.4 Å². The molecule has 0 radical (unpaired) electrons. The van der Waals surface area contributed by atoms with Crippen LogP contribution in [0.25, 0.3) is 0 Å². The fraction of sp³-hybridized carbons (Fsp3) is 0.214. The molecule has 192 valence electrons. The Bertz CT molecular complexity index is 1280. The molecule has 3 amide bonds. The van der Waals surface area contributed by atoms with Gasteiger partial charge in [-0.1, -0.05) is 43.7 Å². The van der Waals surface area contributed by atoms with Crippen molar-refractivity contribution in [2.24, 2.45) is 5.92 Å². The van der Waals surface area contributed by atoms with Gasteiger partial charge in [-0.2, -0.15) is 0 Å². The minimum absolute atomic E-state index is 0.0719. The van der Waals surface area contributed by atoms with Crippen LogP contribution in [0, 0.1) is 12.8 Å². The highest BCUT2D eigenvalue weighted by Crippen LogP contribution is 2.18. The Morgan fingerprint density at radius 1 is 0.838 bits per heavy atom. The number of hydrogen-bond acceptors (Lipinski definition) is 5. The second-order valence-corrected chi connectivity index (χ2v) is 9.20. The summed E-state index contributed by atoms with van der Waals surface area (Å²) in [5.41, 5.74) is 7.72. The van der Waals surface area contributed by atoms with Crippen LogP contribution >= 0.6 is 12.2 Å². The molecule has 3 aromatic rings. The molecule has 37 heavy (non-hydrogen) atoms. The minimum atomic E-state index is -0.467. The largest absolute Gasteiger partial charge is 0.493 e. The SMILES string of the molecule is Cc1cccc(C(=O)Nc2ccc(C(=O)NNC(=S)NC(=O)c3ccccc3OCCC(C)C)cc2)c1. The third-order valence-corrected chi connectivity index (χ3v) is 5.49. The van der Waals surface area contributed by atoms with Crippen molar-refractivity contribution in [1.82, 2.24) is 16.2 Å². The zero-order valence-electron chi connectivity index (χ0n) is 21.0. The van der Waals surface area contributed by atoms with Crippen LogP contribution in [0.2, 0.25) is 0 Å². The molecule has 9 heteroatoms. The minimum Gasteiger partial charge on any atom is -0.493 e. The van der Waals surface area contributed by atoms with Crippen LogP contribution in [0.15, 0.2) is 72.8 Å². The number of nitrogens with one attached hydrogen (secondary N) is 4. The van der Waals surface area contributed by atoms with Gasteiger partial charge in [-0.3, -0.25) is 30.6 Å². The lowest BCUT2D eigenvalue weighted by atomic mass is 10.1. The average molecular weight is 519 g/mol. The van der Waals surface area contributed by atoms with Gasteiger partial charge in [0.2, 0.25) is 0 Å². The molecule has 8 nitrogen and oxygen atoms in total. The molecular weight excluding hydrogens is 488 g/mol. The van der Waals surface area contributed by atoms with Crippen LogP contribution in [0.3, 0.4) is 0 Å². The highest BCUT2D eigenvalue weighted by molar-refractivity contribution is 7.80. The first-order chi connectivity index (χ1) is 17.7. The number of thiocarbonyl (C=S) groups is 1. The molecule has 0 spiro atoms. The molecule has 0 fully saturated rings. The molecule has 0 aliphatic heterocycles. The zero-order chi connectivity index (χ0) is 26.8. The van der Waals surface area contributed by atoms with Crippen LogP contribution < -0.4 is 26.2 Å². The van der Waals surface area contributed by atoms with Crippen molar-refractivity contribution in [3.63, 3.8) is 0 Å². The van der Waals surface area contributed by atoms with Gasteiger partial charge in [0.1, 0.15) is 5.75 Å². The summed E-state index contributed by atoms with van der Waals surface area (Å²) >= 11 is 5.14. The number of carbonyl (C=O) groups is 3. The van der Waals surface area contributed by atoms with Gasteiger partial charge < -0.3 is 10.1 Å². The van der Waals surface area contributed by atoms with E-state index in [1.807, 2.05) is 19.1 Å². The fourth-order valence-electron chi connectivity index (χ4n) is 3.27. The molecule has 0 aliphatic carbocycles. The maximum Gasteiger partial charge on any atom is 0.269 e. The quantitative estimate of drug-likeness (QED) is 0.256. The van der Waals surface area contributed by atoms with Gasteiger partial charge in [0.25, 0.3) is 17.7 Å². The molecule has 0 heterocycles. The second-order valence-electron chi connectivity index (χ2n) is 8.79. The highest BCUT2D eigenvalue weighted by atomic mass is 32.1. The smallest absolute Gasteiger partial charge is 0.269 e. The summed E-state index contributed by atoms with van der Waals surface area (Å²) in [6.07, 6.45) is 0.863. The number of anilines is 1. The lowest BCUT2D eigenvalue weighted by molar-refractivity contribution is 0.0933. The summed E-state index contributed by atoms with van der Waals surface area (Å²) < 4.78 is 5.75. The van der Waals surface area contributed by atoms with Gasteiger partial charge in [0.15, 0.2) is 5.11 Å². The number of hydrogen-bond donors (Lipinski definition) is 4. The lowest BCUT2D eigenvalue weighted by Gasteiger charge is -2.14. The first-order valence-electron chi connectivity index (χ1n) is 11.8. The van der Waals surface area contributed by atoms with Crippen molar-refractivity contribution < 1.29 is 19.1 Å². The third kappa shape index (κ3) is 8.43. The van der Waals surface area contributed by atoms with E-state index in [0.717, 1.165) is 12.0 Å². The summed E-state index contributed by atoms with van der Waals surface area (Å²) in [5, 5.41) is 5.26. The van der Waals surface area contributed by atoms with E-state index in [4.69, 9.17) is 17.0 Å². The number of hydrazine groups is 1. The summed E-state index contributed by atoms with van der Waals surface area (Å²) in [6, 6.07) is 20.5. The van der Waals surface area contributed by atoms with Gasteiger partial charge in [-0.25, -0.2) is 0 Å². The van der Waals surface area contributed by atoms with E-state index >= 15 is 0 Å². The van der Waals surface area contributed by atoms with Crippen LogP contribution in [0.1, 0.15) is 56.9 Å². The summed E-state index contributed by atoms with van der Waals surface area (Å²) in [6.45, 7) is 6.60. The normalized spacial score (nSPS) is 10.4. The lowest BCUT2D eigenvalue weighted by Crippen LogP contribution is -2.48. The number of carbonyl (C=O) groups excluding carboxylic acids is 3. The molecule has 3 rings (SSSR count). The van der Waals surface area contributed by atoms with Crippen LogP contribution in [0.5, 0.6) is 5.75 Å². The Morgan fingerprint density at radius 3 is 2.27 bits per heavy atom. The van der Waals surface area contributed by atoms with E-state index in [1.54, 1.807) is 60.7 Å². The molecule has 0 atom stereocenters.